The van der Waals surface area contributed by atoms with Crippen molar-refractivity contribution in [3.63, 3.8) is 0 Å². The van der Waals surface area contributed by atoms with Crippen LogP contribution in [0.25, 0.3) is 0 Å². The first kappa shape index (κ1) is 13.0. The summed E-state index contributed by atoms with van der Waals surface area (Å²) < 4.78 is 0. The third kappa shape index (κ3) is 4.66. The molecule has 0 aromatic rings. The zero-order chi connectivity index (χ0) is 10.7. The van der Waals surface area contributed by atoms with E-state index in [0.717, 1.165) is 12.8 Å². The summed E-state index contributed by atoms with van der Waals surface area (Å²) in [6.07, 6.45) is 3.45. The lowest BCUT2D eigenvalue weighted by Crippen LogP contribution is -2.45. The van der Waals surface area contributed by atoms with Gasteiger partial charge < -0.3 is 5.73 Å². The highest BCUT2D eigenvalue weighted by atomic mass is 14.7. The van der Waals surface area contributed by atoms with Crippen LogP contribution in [-0.4, -0.2) is 5.54 Å². The predicted molar refractivity (Wildman–Crippen MR) is 60.7 cm³/mol. The van der Waals surface area contributed by atoms with Crippen molar-refractivity contribution in [2.75, 3.05) is 0 Å². The van der Waals surface area contributed by atoms with Gasteiger partial charge in [-0.15, -0.1) is 0 Å². The van der Waals surface area contributed by atoms with Crippen molar-refractivity contribution >= 4 is 0 Å². The summed E-state index contributed by atoms with van der Waals surface area (Å²) in [5.41, 5.74) is 6.81. The Hall–Kier alpha value is -0.0400. The molecule has 80 valence electrons. The molecule has 0 saturated heterocycles. The zero-order valence-electron chi connectivity index (χ0n) is 10.3. The molecule has 0 rings (SSSR count). The topological polar surface area (TPSA) is 26.0 Å². The summed E-state index contributed by atoms with van der Waals surface area (Å²) in [5, 5.41) is 0. The molecule has 0 aliphatic heterocycles. The molecule has 0 radical (unpaired) electrons. The van der Waals surface area contributed by atoms with Gasteiger partial charge in [-0.3, -0.25) is 0 Å². The first-order valence-corrected chi connectivity index (χ1v) is 5.50. The fourth-order valence-electron chi connectivity index (χ4n) is 1.48. The zero-order valence-corrected chi connectivity index (χ0v) is 10.3. The van der Waals surface area contributed by atoms with E-state index in [2.05, 4.69) is 41.5 Å². The Morgan fingerprint density at radius 2 is 1.54 bits per heavy atom. The summed E-state index contributed by atoms with van der Waals surface area (Å²) >= 11 is 0. The molecule has 13 heavy (non-hydrogen) atoms. The molecule has 1 unspecified atom stereocenters. The molecule has 0 heterocycles. The fraction of sp³-hybridized carbons (Fsp3) is 1.00. The lowest BCUT2D eigenvalue weighted by Gasteiger charge is -2.35. The van der Waals surface area contributed by atoms with Crippen molar-refractivity contribution in [1.82, 2.24) is 0 Å². The summed E-state index contributed by atoms with van der Waals surface area (Å²) in [6, 6.07) is 0. The van der Waals surface area contributed by atoms with Gasteiger partial charge in [-0.05, 0) is 30.6 Å². The van der Waals surface area contributed by atoms with Gasteiger partial charge in [0.2, 0.25) is 0 Å². The molecule has 0 aliphatic rings. The third-order valence-corrected chi connectivity index (χ3v) is 3.15. The van der Waals surface area contributed by atoms with Gasteiger partial charge in [0.1, 0.15) is 0 Å². The Morgan fingerprint density at radius 1 is 1.08 bits per heavy atom. The third-order valence-electron chi connectivity index (χ3n) is 3.15. The van der Waals surface area contributed by atoms with E-state index < -0.39 is 0 Å². The van der Waals surface area contributed by atoms with Crippen LogP contribution in [0.15, 0.2) is 0 Å². The van der Waals surface area contributed by atoms with Gasteiger partial charge in [0, 0.05) is 5.54 Å². The minimum absolute atomic E-state index is 0.0489. The normalized spacial score (nSPS) is 17.5. The van der Waals surface area contributed by atoms with Crippen molar-refractivity contribution in [3.05, 3.63) is 0 Å². The molecule has 0 aliphatic carbocycles. The van der Waals surface area contributed by atoms with Gasteiger partial charge in [-0.2, -0.15) is 0 Å². The number of nitrogens with two attached hydrogens (primary N) is 1. The van der Waals surface area contributed by atoms with Crippen LogP contribution in [0.4, 0.5) is 0 Å². The van der Waals surface area contributed by atoms with Crippen molar-refractivity contribution in [2.45, 2.75) is 66.3 Å². The van der Waals surface area contributed by atoms with Gasteiger partial charge >= 0.3 is 0 Å². The van der Waals surface area contributed by atoms with E-state index in [0.29, 0.717) is 11.3 Å². The van der Waals surface area contributed by atoms with Gasteiger partial charge in [0.15, 0.2) is 0 Å². The largest absolute Gasteiger partial charge is 0.325 e. The Bertz CT molecular complexity index is 144. The molecule has 1 nitrogen and oxygen atoms in total. The first-order valence-electron chi connectivity index (χ1n) is 5.50. The van der Waals surface area contributed by atoms with Crippen molar-refractivity contribution in [1.29, 1.82) is 0 Å². The van der Waals surface area contributed by atoms with Crippen LogP contribution in [-0.2, 0) is 0 Å². The van der Waals surface area contributed by atoms with E-state index in [1.165, 1.54) is 6.42 Å². The molecule has 0 bridgehead atoms. The first-order chi connectivity index (χ1) is 5.71. The van der Waals surface area contributed by atoms with Crippen LogP contribution in [0.3, 0.4) is 0 Å². The van der Waals surface area contributed by atoms with E-state index in [1.807, 2.05) is 0 Å². The van der Waals surface area contributed by atoms with Gasteiger partial charge in [-0.25, -0.2) is 0 Å². The van der Waals surface area contributed by atoms with E-state index in [9.17, 15) is 0 Å². The van der Waals surface area contributed by atoms with E-state index in [-0.39, 0.29) is 5.54 Å². The molecular formula is C12H27N. The van der Waals surface area contributed by atoms with Gasteiger partial charge in [-0.1, -0.05) is 41.5 Å². The molecule has 0 spiro atoms. The highest BCUT2D eigenvalue weighted by Crippen LogP contribution is 2.30. The second-order valence-electron chi connectivity index (χ2n) is 5.80. The summed E-state index contributed by atoms with van der Waals surface area (Å²) in [6.45, 7) is 13.5. The molecule has 1 heteroatoms. The fourth-order valence-corrected chi connectivity index (χ4v) is 1.48. The second-order valence-corrected chi connectivity index (χ2v) is 5.80. The van der Waals surface area contributed by atoms with E-state index >= 15 is 0 Å². The number of rotatable bonds is 4. The Balaban J connectivity index is 4.14. The summed E-state index contributed by atoms with van der Waals surface area (Å²) in [5.74, 6) is 0.583. The van der Waals surface area contributed by atoms with Crippen LogP contribution in [0.1, 0.15) is 60.8 Å². The van der Waals surface area contributed by atoms with Gasteiger partial charge in [0.05, 0.1) is 0 Å². The van der Waals surface area contributed by atoms with Crippen molar-refractivity contribution < 1.29 is 0 Å². The quantitative estimate of drug-likeness (QED) is 0.712. The Morgan fingerprint density at radius 3 is 1.77 bits per heavy atom. The van der Waals surface area contributed by atoms with E-state index in [4.69, 9.17) is 5.73 Å². The van der Waals surface area contributed by atoms with Crippen LogP contribution in [0.5, 0.6) is 0 Å². The SMILES string of the molecule is CCC(N)(CCC(C)(C)C)C(C)C. The average molecular weight is 185 g/mol. The minimum atomic E-state index is 0.0489. The molecule has 2 N–H and O–H groups in total. The molecule has 0 fully saturated rings. The molecule has 0 saturated carbocycles. The molecule has 0 amide bonds. The summed E-state index contributed by atoms with van der Waals surface area (Å²) in [7, 11) is 0. The molecule has 0 aromatic carbocycles. The predicted octanol–water partition coefficient (Wildman–Crippen LogP) is 3.58. The minimum Gasteiger partial charge on any atom is -0.325 e. The average Bonchev–Trinajstić information content (AvgIpc) is 1.98. The number of hydrogen-bond acceptors (Lipinski definition) is 1. The Kier molecular flexibility index (Phi) is 4.44. The molecule has 1 atom stereocenters. The van der Waals surface area contributed by atoms with Crippen molar-refractivity contribution in [2.24, 2.45) is 17.1 Å². The van der Waals surface area contributed by atoms with Crippen LogP contribution >= 0.6 is 0 Å². The summed E-state index contributed by atoms with van der Waals surface area (Å²) in [4.78, 5) is 0. The maximum Gasteiger partial charge on any atom is 0.0175 e. The van der Waals surface area contributed by atoms with Crippen LogP contribution in [0.2, 0.25) is 0 Å². The Labute approximate surface area is 84.1 Å². The maximum absolute atomic E-state index is 6.35. The van der Waals surface area contributed by atoms with Crippen LogP contribution in [0, 0.1) is 11.3 Å². The van der Waals surface area contributed by atoms with Crippen LogP contribution < -0.4 is 5.73 Å². The highest BCUT2D eigenvalue weighted by molar-refractivity contribution is 4.87. The van der Waals surface area contributed by atoms with Gasteiger partial charge in [0.25, 0.3) is 0 Å². The highest BCUT2D eigenvalue weighted by Gasteiger charge is 2.28. The van der Waals surface area contributed by atoms with Crippen molar-refractivity contribution in [3.8, 4) is 0 Å². The lowest BCUT2D eigenvalue weighted by molar-refractivity contribution is 0.229. The standard InChI is InChI=1S/C12H27N/c1-7-12(13,10(2)3)9-8-11(4,5)6/h10H,7-9,13H2,1-6H3. The smallest absolute Gasteiger partial charge is 0.0175 e. The maximum atomic E-state index is 6.35. The monoisotopic (exact) mass is 185 g/mol. The van der Waals surface area contributed by atoms with E-state index in [1.54, 1.807) is 0 Å². The number of hydrogen-bond donors (Lipinski definition) is 1. The molecular weight excluding hydrogens is 158 g/mol. The second kappa shape index (κ2) is 4.45. The lowest BCUT2D eigenvalue weighted by atomic mass is 9.76. The molecule has 0 aromatic heterocycles.